The lowest BCUT2D eigenvalue weighted by molar-refractivity contribution is 0.00151. The summed E-state index contributed by atoms with van der Waals surface area (Å²) in [5.74, 6) is 0.847. The zero-order chi connectivity index (χ0) is 15.4. The van der Waals surface area contributed by atoms with Crippen LogP contribution in [0.25, 0.3) is 0 Å². The van der Waals surface area contributed by atoms with Gasteiger partial charge in [0.2, 0.25) is 0 Å². The summed E-state index contributed by atoms with van der Waals surface area (Å²) < 4.78 is 5.37. The summed E-state index contributed by atoms with van der Waals surface area (Å²) in [5.41, 5.74) is 1.44. The standard InChI is InChI=1S/C19H30N2O/c1-3-20-12-7-10-17-14-18(11-13-22-2)21(19(17)20)15-16-8-5-4-6-9-16/h4-6,8-9,17-19H,3,7,10-15H2,1-2H3. The first-order valence-electron chi connectivity index (χ1n) is 8.86. The van der Waals surface area contributed by atoms with Crippen LogP contribution >= 0.6 is 0 Å². The molecule has 122 valence electrons. The van der Waals surface area contributed by atoms with Crippen LogP contribution in [0.15, 0.2) is 30.3 Å². The van der Waals surface area contributed by atoms with E-state index in [1.807, 2.05) is 7.11 Å². The van der Waals surface area contributed by atoms with Crippen LogP contribution < -0.4 is 0 Å². The van der Waals surface area contributed by atoms with Crippen LogP contribution in [-0.2, 0) is 11.3 Å². The summed E-state index contributed by atoms with van der Waals surface area (Å²) in [6.07, 6.45) is 5.91. The second-order valence-electron chi connectivity index (χ2n) is 6.77. The molecule has 0 aliphatic carbocycles. The first kappa shape index (κ1) is 16.0. The maximum absolute atomic E-state index is 5.37. The van der Waals surface area contributed by atoms with Crippen LogP contribution in [0.4, 0.5) is 0 Å². The van der Waals surface area contributed by atoms with E-state index in [0.717, 1.165) is 25.5 Å². The van der Waals surface area contributed by atoms with Crippen molar-refractivity contribution in [2.45, 2.75) is 51.4 Å². The molecule has 0 aromatic heterocycles. The van der Waals surface area contributed by atoms with Crippen LogP contribution in [0, 0.1) is 5.92 Å². The van der Waals surface area contributed by atoms with Crippen molar-refractivity contribution in [2.75, 3.05) is 26.8 Å². The summed E-state index contributed by atoms with van der Waals surface area (Å²) in [5, 5.41) is 0. The number of piperidine rings is 1. The van der Waals surface area contributed by atoms with Gasteiger partial charge in [-0.05, 0) is 50.3 Å². The Morgan fingerprint density at radius 3 is 2.77 bits per heavy atom. The van der Waals surface area contributed by atoms with Gasteiger partial charge in [-0.25, -0.2) is 0 Å². The maximum Gasteiger partial charge on any atom is 0.0657 e. The lowest BCUT2D eigenvalue weighted by Gasteiger charge is -2.42. The van der Waals surface area contributed by atoms with Gasteiger partial charge < -0.3 is 4.74 Å². The normalized spacial score (nSPS) is 29.6. The lowest BCUT2D eigenvalue weighted by Crippen LogP contribution is -2.51. The van der Waals surface area contributed by atoms with Gasteiger partial charge in [-0.1, -0.05) is 37.3 Å². The van der Waals surface area contributed by atoms with Crippen molar-refractivity contribution in [1.82, 2.24) is 9.80 Å². The monoisotopic (exact) mass is 302 g/mol. The molecular formula is C19H30N2O. The van der Waals surface area contributed by atoms with Crippen LogP contribution in [-0.4, -0.2) is 48.8 Å². The van der Waals surface area contributed by atoms with E-state index < -0.39 is 0 Å². The van der Waals surface area contributed by atoms with E-state index in [0.29, 0.717) is 12.2 Å². The summed E-state index contributed by atoms with van der Waals surface area (Å²) in [6.45, 7) is 6.70. The molecular weight excluding hydrogens is 272 g/mol. The molecule has 0 saturated carbocycles. The molecule has 3 unspecified atom stereocenters. The van der Waals surface area contributed by atoms with Crippen molar-refractivity contribution >= 4 is 0 Å². The van der Waals surface area contributed by atoms with Crippen molar-refractivity contribution in [2.24, 2.45) is 5.92 Å². The van der Waals surface area contributed by atoms with E-state index in [1.54, 1.807) is 0 Å². The first-order chi connectivity index (χ1) is 10.8. The quantitative estimate of drug-likeness (QED) is 0.801. The summed E-state index contributed by atoms with van der Waals surface area (Å²) in [4.78, 5) is 5.46. The molecule has 0 spiro atoms. The fourth-order valence-electron chi connectivity index (χ4n) is 4.46. The number of benzene rings is 1. The Morgan fingerprint density at radius 2 is 2.05 bits per heavy atom. The molecule has 2 saturated heterocycles. The number of nitrogens with zero attached hydrogens (tertiary/aromatic N) is 2. The Balaban J connectivity index is 1.78. The number of ether oxygens (including phenoxy) is 1. The van der Waals surface area contributed by atoms with Gasteiger partial charge in [-0.15, -0.1) is 0 Å². The Kier molecular flexibility index (Phi) is 5.51. The molecule has 0 radical (unpaired) electrons. The van der Waals surface area contributed by atoms with Crippen molar-refractivity contribution in [3.63, 3.8) is 0 Å². The molecule has 3 heteroatoms. The third-order valence-electron chi connectivity index (χ3n) is 5.47. The molecule has 0 N–H and O–H groups in total. The molecule has 1 aromatic carbocycles. The van der Waals surface area contributed by atoms with Gasteiger partial charge in [0.05, 0.1) is 6.17 Å². The molecule has 3 atom stereocenters. The predicted molar refractivity (Wildman–Crippen MR) is 90.6 cm³/mol. The van der Waals surface area contributed by atoms with Gasteiger partial charge in [0.15, 0.2) is 0 Å². The van der Waals surface area contributed by atoms with Crippen LogP contribution in [0.2, 0.25) is 0 Å². The molecule has 0 amide bonds. The molecule has 2 aliphatic rings. The zero-order valence-electron chi connectivity index (χ0n) is 14.1. The van der Waals surface area contributed by atoms with Crippen LogP contribution in [0.5, 0.6) is 0 Å². The van der Waals surface area contributed by atoms with Crippen molar-refractivity contribution < 1.29 is 4.74 Å². The molecule has 3 rings (SSSR count). The molecule has 1 aromatic rings. The Bertz CT molecular complexity index is 450. The average Bonchev–Trinajstić information content (AvgIpc) is 2.91. The van der Waals surface area contributed by atoms with Crippen molar-refractivity contribution in [3.8, 4) is 0 Å². The fourth-order valence-corrected chi connectivity index (χ4v) is 4.46. The van der Waals surface area contributed by atoms with Gasteiger partial charge in [0.25, 0.3) is 0 Å². The highest BCUT2D eigenvalue weighted by molar-refractivity contribution is 5.15. The second-order valence-corrected chi connectivity index (χ2v) is 6.77. The minimum Gasteiger partial charge on any atom is -0.385 e. The lowest BCUT2D eigenvalue weighted by atomic mass is 9.92. The molecule has 22 heavy (non-hydrogen) atoms. The number of hydrogen-bond acceptors (Lipinski definition) is 3. The molecule has 0 bridgehead atoms. The Hall–Kier alpha value is -0.900. The SMILES string of the molecule is CCN1CCCC2CC(CCOC)N(Cc3ccccc3)C21. The number of hydrogen-bond donors (Lipinski definition) is 0. The number of fused-ring (bicyclic) bond motifs is 1. The fraction of sp³-hybridized carbons (Fsp3) is 0.684. The second kappa shape index (κ2) is 7.58. The highest BCUT2D eigenvalue weighted by Gasteiger charge is 2.44. The summed E-state index contributed by atoms with van der Waals surface area (Å²) in [7, 11) is 1.82. The van der Waals surface area contributed by atoms with E-state index in [9.17, 15) is 0 Å². The van der Waals surface area contributed by atoms with Gasteiger partial charge >= 0.3 is 0 Å². The van der Waals surface area contributed by atoms with Crippen molar-refractivity contribution in [1.29, 1.82) is 0 Å². The summed E-state index contributed by atoms with van der Waals surface area (Å²) in [6, 6.07) is 11.6. The first-order valence-corrected chi connectivity index (χ1v) is 8.86. The minimum absolute atomic E-state index is 0.640. The maximum atomic E-state index is 5.37. The Morgan fingerprint density at radius 1 is 1.23 bits per heavy atom. The number of methoxy groups -OCH3 is 1. The van der Waals surface area contributed by atoms with Crippen LogP contribution in [0.3, 0.4) is 0 Å². The van der Waals surface area contributed by atoms with Gasteiger partial charge in [0.1, 0.15) is 0 Å². The van der Waals surface area contributed by atoms with Gasteiger partial charge in [-0.2, -0.15) is 0 Å². The molecule has 3 nitrogen and oxygen atoms in total. The molecule has 2 heterocycles. The molecule has 2 aliphatic heterocycles. The van der Waals surface area contributed by atoms with Crippen molar-refractivity contribution in [3.05, 3.63) is 35.9 Å². The van der Waals surface area contributed by atoms with E-state index in [4.69, 9.17) is 4.74 Å². The van der Waals surface area contributed by atoms with E-state index in [1.165, 1.54) is 37.9 Å². The summed E-state index contributed by atoms with van der Waals surface area (Å²) >= 11 is 0. The number of rotatable bonds is 6. The largest absolute Gasteiger partial charge is 0.385 e. The van der Waals surface area contributed by atoms with Crippen LogP contribution in [0.1, 0.15) is 38.2 Å². The predicted octanol–water partition coefficient (Wildman–Crippen LogP) is 3.36. The minimum atomic E-state index is 0.640. The average molecular weight is 302 g/mol. The highest BCUT2D eigenvalue weighted by Crippen LogP contribution is 2.40. The van der Waals surface area contributed by atoms with E-state index in [2.05, 4.69) is 47.1 Å². The third kappa shape index (κ3) is 3.37. The Labute approximate surface area is 135 Å². The number of likely N-dealkylation sites (tertiary alicyclic amines) is 2. The smallest absolute Gasteiger partial charge is 0.0657 e. The zero-order valence-corrected chi connectivity index (χ0v) is 14.1. The van der Waals surface area contributed by atoms with Gasteiger partial charge in [-0.3, -0.25) is 9.80 Å². The van der Waals surface area contributed by atoms with Gasteiger partial charge in [0, 0.05) is 26.3 Å². The highest BCUT2D eigenvalue weighted by atomic mass is 16.5. The third-order valence-corrected chi connectivity index (χ3v) is 5.47. The molecule has 2 fully saturated rings. The van der Waals surface area contributed by atoms with E-state index >= 15 is 0 Å². The topological polar surface area (TPSA) is 15.7 Å². The van der Waals surface area contributed by atoms with E-state index in [-0.39, 0.29) is 0 Å².